The minimum absolute atomic E-state index is 0.102. The van der Waals surface area contributed by atoms with Crippen molar-refractivity contribution in [1.82, 2.24) is 0 Å². The molecule has 13 heavy (non-hydrogen) atoms. The summed E-state index contributed by atoms with van der Waals surface area (Å²) in [6.45, 7) is 5.36. The van der Waals surface area contributed by atoms with E-state index < -0.39 is 7.60 Å². The third-order valence-electron chi connectivity index (χ3n) is 1.11. The summed E-state index contributed by atoms with van der Waals surface area (Å²) in [6.07, 6.45) is 0. The van der Waals surface area contributed by atoms with Gasteiger partial charge in [0.25, 0.3) is 0 Å². The maximum atomic E-state index is 11.7. The lowest BCUT2D eigenvalue weighted by Gasteiger charge is -2.12. The number of hydrogen-bond acceptors (Lipinski definition) is 5. The highest BCUT2D eigenvalue weighted by Crippen LogP contribution is 2.50. The van der Waals surface area contributed by atoms with E-state index in [1.165, 1.54) is 6.92 Å². The van der Waals surface area contributed by atoms with E-state index in [1.807, 2.05) is 0 Å². The van der Waals surface area contributed by atoms with Gasteiger partial charge in [-0.3, -0.25) is 4.57 Å². The Hall–Kier alpha value is -0.510. The Labute approximate surface area is 77.6 Å². The molecule has 0 fully saturated rings. The SMILES string of the molecule is CCOP(=O)(/C=C(\C)N=O)OCC. The maximum absolute atomic E-state index is 11.7. The Morgan fingerprint density at radius 2 is 1.85 bits per heavy atom. The molecule has 0 saturated heterocycles. The largest absolute Gasteiger partial charge is 0.356 e. The number of nitrogens with zero attached hydrogens (tertiary/aromatic N) is 1. The third-order valence-corrected chi connectivity index (χ3v) is 3.03. The first-order chi connectivity index (χ1) is 6.08. The predicted octanol–water partition coefficient (Wildman–Crippen LogP) is 2.88. The van der Waals surface area contributed by atoms with Crippen LogP contribution in [0.15, 0.2) is 16.7 Å². The molecule has 5 nitrogen and oxygen atoms in total. The van der Waals surface area contributed by atoms with Crippen molar-refractivity contribution >= 4 is 7.60 Å². The standard InChI is InChI=1S/C7H14NO4P/c1-4-11-13(10,12-5-2)6-7(3)8-9/h6H,4-5H2,1-3H3/b7-6+. The third kappa shape index (κ3) is 4.93. The van der Waals surface area contributed by atoms with Crippen LogP contribution in [0.2, 0.25) is 0 Å². The number of hydrogen-bond donors (Lipinski definition) is 0. The summed E-state index contributed by atoms with van der Waals surface area (Å²) in [5, 5.41) is 2.62. The van der Waals surface area contributed by atoms with Crippen LogP contribution in [0.3, 0.4) is 0 Å². The van der Waals surface area contributed by atoms with Crippen molar-refractivity contribution in [3.05, 3.63) is 16.4 Å². The molecule has 0 aliphatic carbocycles. The van der Waals surface area contributed by atoms with Gasteiger partial charge in [0.2, 0.25) is 0 Å². The fourth-order valence-electron chi connectivity index (χ4n) is 0.724. The van der Waals surface area contributed by atoms with Crippen LogP contribution >= 0.6 is 7.60 Å². The summed E-state index contributed by atoms with van der Waals surface area (Å²) in [7, 11) is -3.25. The first-order valence-corrected chi connectivity index (χ1v) is 5.60. The van der Waals surface area contributed by atoms with Gasteiger partial charge in [0.15, 0.2) is 0 Å². The smallest absolute Gasteiger partial charge is 0.306 e. The molecule has 76 valence electrons. The molecular formula is C7H14NO4P. The van der Waals surface area contributed by atoms with Gasteiger partial charge in [0.05, 0.1) is 24.7 Å². The molecule has 0 atom stereocenters. The van der Waals surface area contributed by atoms with Crippen LogP contribution in [0.1, 0.15) is 20.8 Å². The quantitative estimate of drug-likeness (QED) is 0.496. The van der Waals surface area contributed by atoms with Gasteiger partial charge in [0, 0.05) is 0 Å². The molecule has 0 bridgehead atoms. The van der Waals surface area contributed by atoms with Crippen LogP contribution in [-0.2, 0) is 13.6 Å². The molecular weight excluding hydrogens is 193 g/mol. The van der Waals surface area contributed by atoms with Gasteiger partial charge < -0.3 is 9.05 Å². The van der Waals surface area contributed by atoms with Crippen molar-refractivity contribution in [3.63, 3.8) is 0 Å². The van der Waals surface area contributed by atoms with Gasteiger partial charge in [-0.15, -0.1) is 4.91 Å². The molecule has 0 radical (unpaired) electrons. The highest BCUT2D eigenvalue weighted by atomic mass is 31.2. The molecule has 0 N–H and O–H groups in total. The van der Waals surface area contributed by atoms with Crippen LogP contribution in [0.25, 0.3) is 0 Å². The van der Waals surface area contributed by atoms with Crippen molar-refractivity contribution in [2.24, 2.45) is 5.18 Å². The van der Waals surface area contributed by atoms with Crippen molar-refractivity contribution in [1.29, 1.82) is 0 Å². The zero-order valence-electron chi connectivity index (χ0n) is 8.02. The summed E-state index contributed by atoms with van der Waals surface area (Å²) in [5.74, 6) is 1.13. The van der Waals surface area contributed by atoms with E-state index in [0.29, 0.717) is 0 Å². The number of rotatable bonds is 6. The molecule has 6 heteroatoms. The number of allylic oxidation sites excluding steroid dienone is 1. The first-order valence-electron chi connectivity index (χ1n) is 3.99. The van der Waals surface area contributed by atoms with Crippen molar-refractivity contribution in [2.45, 2.75) is 20.8 Å². The second kappa shape index (κ2) is 6.02. The second-order valence-electron chi connectivity index (χ2n) is 2.24. The van der Waals surface area contributed by atoms with Gasteiger partial charge in [-0.2, -0.15) is 0 Å². The minimum Gasteiger partial charge on any atom is -0.306 e. The fraction of sp³-hybridized carbons (Fsp3) is 0.714. The summed E-state index contributed by atoms with van der Waals surface area (Å²) in [5.41, 5.74) is 0.102. The zero-order valence-corrected chi connectivity index (χ0v) is 8.91. The molecule has 0 unspecified atom stereocenters. The van der Waals surface area contributed by atoms with Crippen LogP contribution < -0.4 is 0 Å². The molecule has 0 spiro atoms. The van der Waals surface area contributed by atoms with E-state index >= 15 is 0 Å². The van der Waals surface area contributed by atoms with Gasteiger partial charge in [-0.25, -0.2) is 0 Å². The Morgan fingerprint density at radius 3 is 2.15 bits per heavy atom. The topological polar surface area (TPSA) is 65.0 Å². The highest BCUT2D eigenvalue weighted by Gasteiger charge is 2.20. The van der Waals surface area contributed by atoms with Crippen LogP contribution in [0.4, 0.5) is 0 Å². The fourth-order valence-corrected chi connectivity index (χ4v) is 2.17. The first kappa shape index (κ1) is 12.5. The lowest BCUT2D eigenvalue weighted by Crippen LogP contribution is -1.93. The van der Waals surface area contributed by atoms with Gasteiger partial charge in [-0.1, -0.05) is 0 Å². The Morgan fingerprint density at radius 1 is 1.38 bits per heavy atom. The molecule has 0 aliphatic heterocycles. The molecule has 0 aromatic rings. The molecule has 0 aliphatic rings. The van der Waals surface area contributed by atoms with Crippen molar-refractivity contribution in [3.8, 4) is 0 Å². The average Bonchev–Trinajstić information content (AvgIpc) is 2.04. The lowest BCUT2D eigenvalue weighted by molar-refractivity contribution is 0.228. The number of nitroso groups, excluding NO2 is 1. The highest BCUT2D eigenvalue weighted by molar-refractivity contribution is 7.57. The second-order valence-corrected chi connectivity index (χ2v) is 4.09. The molecule has 0 heterocycles. The van der Waals surface area contributed by atoms with Gasteiger partial charge in [-0.05, 0) is 25.9 Å². The van der Waals surface area contributed by atoms with Gasteiger partial charge >= 0.3 is 7.60 Å². The Bertz CT molecular complexity index is 229. The average molecular weight is 207 g/mol. The summed E-state index contributed by atoms with van der Waals surface area (Å²) in [4.78, 5) is 10.0. The summed E-state index contributed by atoms with van der Waals surface area (Å²) < 4.78 is 21.5. The van der Waals surface area contributed by atoms with Gasteiger partial charge in [0.1, 0.15) is 0 Å². The lowest BCUT2D eigenvalue weighted by atomic mass is 10.6. The monoisotopic (exact) mass is 207 g/mol. The van der Waals surface area contributed by atoms with Crippen LogP contribution in [0, 0.1) is 4.91 Å². The van der Waals surface area contributed by atoms with Crippen LogP contribution in [-0.4, -0.2) is 13.2 Å². The predicted molar refractivity (Wildman–Crippen MR) is 50.4 cm³/mol. The molecule has 0 saturated carbocycles. The van der Waals surface area contributed by atoms with E-state index in [2.05, 4.69) is 5.18 Å². The van der Waals surface area contributed by atoms with Crippen LogP contribution in [0.5, 0.6) is 0 Å². The minimum atomic E-state index is -3.25. The van der Waals surface area contributed by atoms with E-state index in [0.717, 1.165) is 5.82 Å². The van der Waals surface area contributed by atoms with E-state index in [1.54, 1.807) is 13.8 Å². The molecule has 0 amide bonds. The van der Waals surface area contributed by atoms with E-state index in [9.17, 15) is 9.47 Å². The Balaban J connectivity index is 4.58. The normalized spacial score (nSPS) is 13.0. The molecule has 0 aromatic carbocycles. The molecule has 0 rings (SSSR count). The summed E-state index contributed by atoms with van der Waals surface area (Å²) in [6, 6.07) is 0. The van der Waals surface area contributed by atoms with Crippen molar-refractivity contribution in [2.75, 3.05) is 13.2 Å². The van der Waals surface area contributed by atoms with E-state index in [4.69, 9.17) is 9.05 Å². The molecule has 0 aromatic heterocycles. The summed E-state index contributed by atoms with van der Waals surface area (Å²) >= 11 is 0. The van der Waals surface area contributed by atoms with E-state index in [-0.39, 0.29) is 18.9 Å². The maximum Gasteiger partial charge on any atom is 0.356 e. The zero-order chi connectivity index (χ0) is 10.3. The Kier molecular flexibility index (Phi) is 5.79. The van der Waals surface area contributed by atoms with Crippen molar-refractivity contribution < 1.29 is 13.6 Å².